The molecule has 1 radical (unpaired) electrons. The number of aryl methyl sites for hydroxylation is 1. The van der Waals surface area contributed by atoms with Gasteiger partial charge in [0, 0.05) is 13.2 Å². The highest BCUT2D eigenvalue weighted by Gasteiger charge is 2.18. The predicted octanol–water partition coefficient (Wildman–Crippen LogP) is 4.52. The smallest absolute Gasteiger partial charge is 0.384 e. The quantitative estimate of drug-likeness (QED) is 0.205. The summed E-state index contributed by atoms with van der Waals surface area (Å²) in [5.74, 6) is -6.16. The van der Waals surface area contributed by atoms with Crippen molar-refractivity contribution in [2.45, 2.75) is 45.6 Å². The molecule has 0 fully saturated rings. The topological polar surface area (TPSA) is 18.5 Å². The Morgan fingerprint density at radius 2 is 1.50 bits per heavy atom. The van der Waals surface area contributed by atoms with Crippen molar-refractivity contribution in [2.24, 2.45) is 0 Å². The SMILES string of the molecule is CCO[Si](CCCCCc1cc(F)c(F)c(F)c1F)OCC. The molecule has 0 spiro atoms. The number of hydrogen-bond acceptors (Lipinski definition) is 2. The van der Waals surface area contributed by atoms with E-state index in [2.05, 4.69) is 0 Å². The van der Waals surface area contributed by atoms with E-state index < -0.39 is 32.6 Å². The Bertz CT molecular complexity index is 465. The normalized spacial score (nSPS) is 11.4. The van der Waals surface area contributed by atoms with Crippen molar-refractivity contribution in [3.63, 3.8) is 0 Å². The van der Waals surface area contributed by atoms with Crippen LogP contribution < -0.4 is 0 Å². The molecule has 0 saturated carbocycles. The molecule has 1 aromatic carbocycles. The molecule has 1 aromatic rings. The van der Waals surface area contributed by atoms with E-state index in [1.165, 1.54) is 0 Å². The zero-order valence-corrected chi connectivity index (χ0v) is 13.9. The summed E-state index contributed by atoms with van der Waals surface area (Å²) < 4.78 is 63.4. The average Bonchev–Trinajstić information content (AvgIpc) is 2.50. The Kier molecular flexibility index (Phi) is 8.66. The first-order chi connectivity index (χ1) is 10.5. The van der Waals surface area contributed by atoms with E-state index >= 15 is 0 Å². The Morgan fingerprint density at radius 1 is 0.864 bits per heavy atom. The predicted molar refractivity (Wildman–Crippen MR) is 77.6 cm³/mol. The van der Waals surface area contributed by atoms with Crippen LogP contribution in [-0.4, -0.2) is 22.5 Å². The number of rotatable bonds is 10. The van der Waals surface area contributed by atoms with E-state index in [1.807, 2.05) is 13.8 Å². The minimum Gasteiger partial charge on any atom is -0.394 e. The molecular formula is C15H21F4O2Si. The van der Waals surface area contributed by atoms with E-state index in [-0.39, 0.29) is 12.0 Å². The lowest BCUT2D eigenvalue weighted by molar-refractivity contribution is 0.212. The molecule has 0 bridgehead atoms. The van der Waals surface area contributed by atoms with Crippen LogP contribution in [0.2, 0.25) is 6.04 Å². The van der Waals surface area contributed by atoms with Gasteiger partial charge in [0.15, 0.2) is 23.3 Å². The van der Waals surface area contributed by atoms with Gasteiger partial charge < -0.3 is 8.85 Å². The Labute approximate surface area is 130 Å². The van der Waals surface area contributed by atoms with Gasteiger partial charge in [-0.25, -0.2) is 17.6 Å². The van der Waals surface area contributed by atoms with Crippen molar-refractivity contribution in [1.29, 1.82) is 0 Å². The third-order valence-electron chi connectivity index (χ3n) is 3.12. The fourth-order valence-corrected chi connectivity index (χ4v) is 3.63. The third kappa shape index (κ3) is 5.70. The van der Waals surface area contributed by atoms with Crippen LogP contribution in [0.1, 0.15) is 38.7 Å². The lowest BCUT2D eigenvalue weighted by Crippen LogP contribution is -2.22. The Balaban J connectivity index is 2.39. The second-order valence-electron chi connectivity index (χ2n) is 4.76. The molecule has 125 valence electrons. The number of hydrogen-bond donors (Lipinski definition) is 0. The van der Waals surface area contributed by atoms with E-state index in [0.29, 0.717) is 19.6 Å². The average molecular weight is 337 g/mol. The number of benzene rings is 1. The fourth-order valence-electron chi connectivity index (χ4n) is 2.07. The molecule has 2 nitrogen and oxygen atoms in total. The van der Waals surface area contributed by atoms with Gasteiger partial charge in [0.05, 0.1) is 0 Å². The first-order valence-electron chi connectivity index (χ1n) is 7.44. The van der Waals surface area contributed by atoms with Crippen LogP contribution in [0, 0.1) is 23.3 Å². The van der Waals surface area contributed by atoms with Crippen molar-refractivity contribution in [2.75, 3.05) is 13.2 Å². The summed E-state index contributed by atoms with van der Waals surface area (Å²) in [5.41, 5.74) is -0.128. The Hall–Kier alpha value is -0.923. The van der Waals surface area contributed by atoms with Crippen molar-refractivity contribution >= 4 is 9.28 Å². The number of halogens is 4. The molecule has 0 aliphatic carbocycles. The van der Waals surface area contributed by atoms with Crippen molar-refractivity contribution in [3.8, 4) is 0 Å². The summed E-state index contributed by atoms with van der Waals surface area (Å²) in [4.78, 5) is 0. The molecule has 0 saturated heterocycles. The van der Waals surface area contributed by atoms with Crippen LogP contribution in [0.3, 0.4) is 0 Å². The van der Waals surface area contributed by atoms with Gasteiger partial charge in [-0.3, -0.25) is 0 Å². The van der Waals surface area contributed by atoms with Crippen LogP contribution in [-0.2, 0) is 15.3 Å². The summed E-state index contributed by atoms with van der Waals surface area (Å²) in [7, 11) is -1.26. The molecule has 0 amide bonds. The lowest BCUT2D eigenvalue weighted by atomic mass is 10.1. The zero-order valence-electron chi connectivity index (χ0n) is 12.9. The molecule has 0 N–H and O–H groups in total. The van der Waals surface area contributed by atoms with Gasteiger partial charge in [-0.2, -0.15) is 0 Å². The van der Waals surface area contributed by atoms with E-state index in [4.69, 9.17) is 8.85 Å². The van der Waals surface area contributed by atoms with Crippen LogP contribution >= 0.6 is 0 Å². The first kappa shape index (κ1) is 19.1. The van der Waals surface area contributed by atoms with Gasteiger partial charge >= 0.3 is 9.28 Å². The highest BCUT2D eigenvalue weighted by Crippen LogP contribution is 2.20. The first-order valence-corrected chi connectivity index (χ1v) is 8.96. The van der Waals surface area contributed by atoms with Gasteiger partial charge in [0.25, 0.3) is 0 Å². The molecule has 1 rings (SSSR count). The molecule has 7 heteroatoms. The Morgan fingerprint density at radius 3 is 2.09 bits per heavy atom. The van der Waals surface area contributed by atoms with Gasteiger partial charge in [-0.1, -0.05) is 12.8 Å². The standard InChI is InChI=1S/C15H21F4O2Si/c1-3-20-22(21-4-2)9-7-5-6-8-11-10-12(16)14(18)15(19)13(11)17/h10H,3-9H2,1-2H3. The summed E-state index contributed by atoms with van der Waals surface area (Å²) in [5, 5.41) is 0. The van der Waals surface area contributed by atoms with E-state index in [9.17, 15) is 17.6 Å². The second-order valence-corrected chi connectivity index (χ2v) is 6.58. The summed E-state index contributed by atoms with van der Waals surface area (Å²) >= 11 is 0. The highest BCUT2D eigenvalue weighted by molar-refractivity contribution is 6.44. The molecule has 0 aromatic heterocycles. The molecule has 0 heterocycles. The maximum atomic E-state index is 13.5. The molecule has 22 heavy (non-hydrogen) atoms. The fraction of sp³-hybridized carbons (Fsp3) is 0.600. The van der Waals surface area contributed by atoms with E-state index in [1.54, 1.807) is 0 Å². The lowest BCUT2D eigenvalue weighted by Gasteiger charge is -2.12. The monoisotopic (exact) mass is 337 g/mol. The van der Waals surface area contributed by atoms with Crippen molar-refractivity contribution in [3.05, 3.63) is 34.9 Å². The summed E-state index contributed by atoms with van der Waals surface area (Å²) in [6, 6.07) is 1.53. The zero-order chi connectivity index (χ0) is 16.5. The van der Waals surface area contributed by atoms with Gasteiger partial charge in [-0.05, 0) is 44.4 Å². The van der Waals surface area contributed by atoms with Crippen molar-refractivity contribution < 1.29 is 26.4 Å². The third-order valence-corrected chi connectivity index (χ3v) is 5.10. The van der Waals surface area contributed by atoms with E-state index in [0.717, 1.165) is 25.0 Å². The highest BCUT2D eigenvalue weighted by atomic mass is 28.3. The summed E-state index contributed by atoms with van der Waals surface area (Å²) in [6.45, 7) is 5.02. The van der Waals surface area contributed by atoms with Gasteiger partial charge in [-0.15, -0.1) is 0 Å². The molecule has 0 aliphatic heterocycles. The van der Waals surface area contributed by atoms with Gasteiger partial charge in [0.2, 0.25) is 0 Å². The van der Waals surface area contributed by atoms with Crippen LogP contribution in [0.15, 0.2) is 6.07 Å². The summed E-state index contributed by atoms with van der Waals surface area (Å²) in [6.07, 6.45) is 2.33. The van der Waals surface area contributed by atoms with Gasteiger partial charge in [0.1, 0.15) is 0 Å². The van der Waals surface area contributed by atoms with Crippen LogP contribution in [0.5, 0.6) is 0 Å². The minimum atomic E-state index is -1.76. The second kappa shape index (κ2) is 9.97. The number of unbranched alkanes of at least 4 members (excludes halogenated alkanes) is 2. The maximum absolute atomic E-state index is 13.5. The molecular weight excluding hydrogens is 316 g/mol. The molecule has 0 atom stereocenters. The van der Waals surface area contributed by atoms with Crippen molar-refractivity contribution in [1.82, 2.24) is 0 Å². The maximum Gasteiger partial charge on any atom is 0.384 e. The molecule has 0 unspecified atom stereocenters. The van der Waals surface area contributed by atoms with Crippen LogP contribution in [0.4, 0.5) is 17.6 Å². The largest absolute Gasteiger partial charge is 0.394 e. The minimum absolute atomic E-state index is 0.128. The van der Waals surface area contributed by atoms with Crippen LogP contribution in [0.25, 0.3) is 0 Å². The molecule has 0 aliphatic rings.